The second kappa shape index (κ2) is 11.1. The van der Waals surface area contributed by atoms with Crippen LogP contribution in [0.1, 0.15) is 64.2 Å². The number of aromatic nitrogens is 2. The van der Waals surface area contributed by atoms with Gasteiger partial charge in [-0.3, -0.25) is 0 Å². The van der Waals surface area contributed by atoms with Gasteiger partial charge in [0.15, 0.2) is 11.5 Å². The van der Waals surface area contributed by atoms with Gasteiger partial charge in [-0.25, -0.2) is 9.37 Å². The minimum Gasteiger partial charge on any atom is -0.493 e. The molecule has 2 aromatic rings. The molecule has 1 saturated carbocycles. The van der Waals surface area contributed by atoms with Gasteiger partial charge in [0, 0.05) is 49.7 Å². The molecule has 192 valence electrons. The Morgan fingerprint density at radius 3 is 2.14 bits per heavy atom. The van der Waals surface area contributed by atoms with E-state index in [2.05, 4.69) is 15.1 Å². The molecular weight excluding hydrogens is 445 g/mol. The molecule has 5 rings (SSSR count). The molecule has 2 saturated heterocycles. The summed E-state index contributed by atoms with van der Waals surface area (Å²) in [5.74, 6) is 3.05. The van der Waals surface area contributed by atoms with Crippen molar-refractivity contribution in [1.29, 1.82) is 0 Å². The summed E-state index contributed by atoms with van der Waals surface area (Å²) in [6, 6.07) is 4.93. The van der Waals surface area contributed by atoms with Crippen LogP contribution in [0.25, 0.3) is 10.9 Å². The lowest BCUT2D eigenvalue weighted by Gasteiger charge is -2.40. The summed E-state index contributed by atoms with van der Waals surface area (Å²) in [5.41, 5.74) is 0.871. The molecule has 0 spiro atoms. The zero-order valence-electron chi connectivity index (χ0n) is 21.3. The molecule has 0 atom stereocenters. The first kappa shape index (κ1) is 24.3. The fraction of sp³-hybridized carbons (Fsp3) is 0.704. The number of methoxy groups -OCH3 is 2. The van der Waals surface area contributed by atoms with Crippen LogP contribution in [0.15, 0.2) is 12.1 Å². The second-order valence-corrected chi connectivity index (χ2v) is 10.4. The minimum atomic E-state index is -0.618. The quantitative estimate of drug-likeness (QED) is 0.566. The molecule has 0 bridgehead atoms. The number of hydrogen-bond acceptors (Lipinski definition) is 7. The van der Waals surface area contributed by atoms with Crippen molar-refractivity contribution in [3.8, 4) is 11.5 Å². The Bertz CT molecular complexity index is 981. The Kier molecular flexibility index (Phi) is 7.75. The van der Waals surface area contributed by atoms with E-state index >= 15 is 0 Å². The van der Waals surface area contributed by atoms with Crippen molar-refractivity contribution in [2.45, 2.75) is 82.5 Å². The number of nitrogens with zero attached hydrogens (tertiary/aromatic N) is 4. The molecule has 1 aliphatic carbocycles. The third kappa shape index (κ3) is 5.57. The Labute approximate surface area is 208 Å². The summed E-state index contributed by atoms with van der Waals surface area (Å²) in [7, 11) is 3.32. The van der Waals surface area contributed by atoms with Crippen LogP contribution >= 0.6 is 0 Å². The number of anilines is 2. The maximum absolute atomic E-state index is 13.6. The molecule has 0 radical (unpaired) electrons. The third-order valence-electron chi connectivity index (χ3n) is 8.11. The van der Waals surface area contributed by atoms with Crippen LogP contribution in [-0.4, -0.2) is 73.5 Å². The smallest absolute Gasteiger partial charge is 0.227 e. The molecule has 3 aliphatic rings. The van der Waals surface area contributed by atoms with Gasteiger partial charge in [0.1, 0.15) is 12.0 Å². The van der Waals surface area contributed by atoms with Crippen LogP contribution in [0.4, 0.5) is 16.2 Å². The lowest BCUT2D eigenvalue weighted by atomic mass is 9.99. The van der Waals surface area contributed by atoms with Crippen molar-refractivity contribution >= 4 is 22.7 Å². The molecule has 35 heavy (non-hydrogen) atoms. The summed E-state index contributed by atoms with van der Waals surface area (Å²) < 4.78 is 24.7. The van der Waals surface area contributed by atoms with E-state index in [0.29, 0.717) is 36.4 Å². The largest absolute Gasteiger partial charge is 0.493 e. The number of ether oxygens (including phenoxy) is 2. The molecule has 0 unspecified atom stereocenters. The van der Waals surface area contributed by atoms with Crippen LogP contribution < -0.4 is 19.7 Å². The van der Waals surface area contributed by atoms with Crippen molar-refractivity contribution in [2.24, 2.45) is 0 Å². The first-order valence-corrected chi connectivity index (χ1v) is 13.5. The zero-order valence-corrected chi connectivity index (χ0v) is 21.3. The first-order chi connectivity index (χ1) is 17.1. The van der Waals surface area contributed by atoms with Crippen LogP contribution in [-0.2, 0) is 0 Å². The van der Waals surface area contributed by atoms with Gasteiger partial charge in [-0.05, 0) is 44.6 Å². The van der Waals surface area contributed by atoms with E-state index in [-0.39, 0.29) is 0 Å². The van der Waals surface area contributed by atoms with E-state index in [1.807, 2.05) is 12.1 Å². The van der Waals surface area contributed by atoms with Gasteiger partial charge in [-0.2, -0.15) is 4.98 Å². The summed E-state index contributed by atoms with van der Waals surface area (Å²) >= 11 is 0. The van der Waals surface area contributed by atoms with E-state index in [0.717, 1.165) is 61.7 Å². The lowest BCUT2D eigenvalue weighted by Crippen LogP contribution is -2.48. The summed E-state index contributed by atoms with van der Waals surface area (Å²) in [6.07, 6.45) is 10.4. The van der Waals surface area contributed by atoms with Crippen LogP contribution in [0.3, 0.4) is 0 Å². The van der Waals surface area contributed by atoms with Crippen molar-refractivity contribution in [3.63, 3.8) is 0 Å². The standard InChI is InChI=1S/C27H40FN5O2/c1-34-24-17-22-23(18-25(24)35-2)30-27(31-26(22)29-20-7-5-3-4-6-8-20)33-15-11-21(12-16-33)32-13-9-19(28)10-14-32/h17-21H,3-16H2,1-2H3,(H,29,30,31). The van der Waals surface area contributed by atoms with E-state index in [1.165, 1.54) is 38.5 Å². The van der Waals surface area contributed by atoms with Gasteiger partial charge in [0.2, 0.25) is 5.95 Å². The summed E-state index contributed by atoms with van der Waals surface area (Å²) in [4.78, 5) is 14.9. The number of halogens is 1. The van der Waals surface area contributed by atoms with E-state index < -0.39 is 6.17 Å². The number of alkyl halides is 1. The molecule has 0 amide bonds. The molecular formula is C27H40FN5O2. The number of fused-ring (bicyclic) bond motifs is 1. The predicted molar refractivity (Wildman–Crippen MR) is 139 cm³/mol. The van der Waals surface area contributed by atoms with Crippen molar-refractivity contribution in [1.82, 2.24) is 14.9 Å². The fourth-order valence-corrected chi connectivity index (χ4v) is 5.98. The Hall–Kier alpha value is -2.35. The predicted octanol–water partition coefficient (Wildman–Crippen LogP) is 5.18. The van der Waals surface area contributed by atoms with Crippen LogP contribution in [0.2, 0.25) is 0 Å². The van der Waals surface area contributed by atoms with E-state index in [9.17, 15) is 4.39 Å². The number of likely N-dealkylation sites (tertiary alicyclic amines) is 1. The van der Waals surface area contributed by atoms with Crippen LogP contribution in [0.5, 0.6) is 11.5 Å². The molecule has 2 aliphatic heterocycles. The number of benzene rings is 1. The number of hydrogen-bond donors (Lipinski definition) is 1. The van der Waals surface area contributed by atoms with E-state index in [4.69, 9.17) is 19.4 Å². The zero-order chi connectivity index (χ0) is 24.2. The van der Waals surface area contributed by atoms with Gasteiger partial charge in [-0.1, -0.05) is 25.7 Å². The van der Waals surface area contributed by atoms with Gasteiger partial charge in [0.05, 0.1) is 19.7 Å². The average molecular weight is 486 g/mol. The maximum Gasteiger partial charge on any atom is 0.227 e. The SMILES string of the molecule is COc1cc2nc(N3CCC(N4CCC(F)CC4)CC3)nc(NC3CCCCCC3)c2cc1OC. The van der Waals surface area contributed by atoms with Gasteiger partial charge >= 0.3 is 0 Å². The summed E-state index contributed by atoms with van der Waals surface area (Å²) in [6.45, 7) is 3.61. The van der Waals surface area contributed by atoms with Crippen molar-refractivity contribution in [2.75, 3.05) is 50.6 Å². The summed E-state index contributed by atoms with van der Waals surface area (Å²) in [5, 5.41) is 4.75. The number of piperidine rings is 2. The minimum absolute atomic E-state index is 0.431. The molecule has 1 N–H and O–H groups in total. The monoisotopic (exact) mass is 485 g/mol. The molecule has 3 fully saturated rings. The molecule has 1 aromatic heterocycles. The van der Waals surface area contributed by atoms with Gasteiger partial charge in [-0.15, -0.1) is 0 Å². The first-order valence-electron chi connectivity index (χ1n) is 13.5. The fourth-order valence-electron chi connectivity index (χ4n) is 5.98. The normalized spacial score (nSPS) is 21.7. The average Bonchev–Trinajstić information content (AvgIpc) is 3.17. The maximum atomic E-state index is 13.6. The third-order valence-corrected chi connectivity index (χ3v) is 8.11. The topological polar surface area (TPSA) is 62.8 Å². The Morgan fingerprint density at radius 2 is 1.49 bits per heavy atom. The highest BCUT2D eigenvalue weighted by atomic mass is 19.1. The Morgan fingerprint density at radius 1 is 0.829 bits per heavy atom. The molecule has 1 aromatic carbocycles. The van der Waals surface area contributed by atoms with Crippen molar-refractivity contribution < 1.29 is 13.9 Å². The molecule has 3 heterocycles. The Balaban J connectivity index is 1.39. The number of rotatable bonds is 6. The highest BCUT2D eigenvalue weighted by molar-refractivity contribution is 5.93. The van der Waals surface area contributed by atoms with Crippen LogP contribution in [0, 0.1) is 0 Å². The highest BCUT2D eigenvalue weighted by Crippen LogP contribution is 2.36. The lowest BCUT2D eigenvalue weighted by molar-refractivity contribution is 0.0979. The second-order valence-electron chi connectivity index (χ2n) is 10.4. The van der Waals surface area contributed by atoms with Gasteiger partial charge in [0.25, 0.3) is 0 Å². The molecule has 7 nitrogen and oxygen atoms in total. The highest BCUT2D eigenvalue weighted by Gasteiger charge is 2.29. The number of nitrogens with one attached hydrogen (secondary N) is 1. The van der Waals surface area contributed by atoms with Crippen molar-refractivity contribution in [3.05, 3.63) is 12.1 Å². The van der Waals surface area contributed by atoms with Gasteiger partial charge < -0.3 is 24.6 Å². The van der Waals surface area contributed by atoms with E-state index in [1.54, 1.807) is 14.2 Å². The molecule has 8 heteroatoms.